The molecular weight excluding hydrogens is 228 g/mol. The minimum atomic E-state index is -0.361. The van der Waals surface area contributed by atoms with Crippen LogP contribution in [0.3, 0.4) is 0 Å². The second kappa shape index (κ2) is 5.29. The molecule has 0 aliphatic carbocycles. The Bertz CT molecular complexity index is 469. The molecule has 0 amide bonds. The lowest BCUT2D eigenvalue weighted by Gasteiger charge is -1.92. The van der Waals surface area contributed by atoms with Crippen LogP contribution in [0.1, 0.15) is 18.1 Å². The Hall–Kier alpha value is -0.860. The molecule has 80 valence electrons. The number of hydrogen-bond donors (Lipinski definition) is 0. The van der Waals surface area contributed by atoms with Crippen LogP contribution in [0.15, 0.2) is 23.6 Å². The Morgan fingerprint density at radius 2 is 1.93 bits per heavy atom. The van der Waals surface area contributed by atoms with Crippen molar-refractivity contribution in [1.82, 2.24) is 0 Å². The third-order valence-corrected chi connectivity index (χ3v) is 3.00. The molecule has 1 nitrogen and oxygen atoms in total. The van der Waals surface area contributed by atoms with Crippen molar-refractivity contribution in [2.24, 2.45) is 0 Å². The molecule has 15 heavy (non-hydrogen) atoms. The fourth-order valence-electron chi connectivity index (χ4n) is 1.27. The number of fused-ring (bicyclic) bond motifs is 1. The van der Waals surface area contributed by atoms with Gasteiger partial charge >= 0.3 is 0 Å². The Kier molecular flexibility index (Phi) is 4.30. The Balaban J connectivity index is 0.000000245. The van der Waals surface area contributed by atoms with Crippen LogP contribution in [0.5, 0.6) is 0 Å². The lowest BCUT2D eigenvalue weighted by atomic mass is 10.1. The molecule has 0 aliphatic rings. The number of aryl methyl sites for hydroxylation is 2. The van der Waals surface area contributed by atoms with Gasteiger partial charge in [-0.25, -0.2) is 0 Å². The maximum atomic E-state index is 9.21. The summed E-state index contributed by atoms with van der Waals surface area (Å²) in [5.41, 5.74) is 2.74. The SMILES string of the molecule is CC(=O)Cl.Cc1ccc2scc(C)c2c1. The fraction of sp³-hybridized carbons (Fsp3) is 0.250. The van der Waals surface area contributed by atoms with E-state index >= 15 is 0 Å². The first-order valence-corrected chi connectivity index (χ1v) is 5.87. The summed E-state index contributed by atoms with van der Waals surface area (Å²) in [5.74, 6) is 0. The molecule has 0 radical (unpaired) electrons. The Morgan fingerprint density at radius 3 is 2.53 bits per heavy atom. The van der Waals surface area contributed by atoms with Crippen molar-refractivity contribution in [1.29, 1.82) is 0 Å². The van der Waals surface area contributed by atoms with Gasteiger partial charge in [-0.15, -0.1) is 11.3 Å². The molecule has 2 rings (SSSR count). The average molecular weight is 241 g/mol. The van der Waals surface area contributed by atoms with Crippen LogP contribution in [0, 0.1) is 13.8 Å². The highest BCUT2D eigenvalue weighted by Crippen LogP contribution is 2.25. The van der Waals surface area contributed by atoms with Gasteiger partial charge in [0.1, 0.15) is 0 Å². The minimum Gasteiger partial charge on any atom is -0.282 e. The van der Waals surface area contributed by atoms with Crippen LogP contribution in [0.2, 0.25) is 0 Å². The van der Waals surface area contributed by atoms with Gasteiger partial charge in [0.05, 0.1) is 0 Å². The molecule has 0 saturated heterocycles. The zero-order valence-corrected chi connectivity index (χ0v) is 10.6. The first-order valence-electron chi connectivity index (χ1n) is 4.61. The maximum absolute atomic E-state index is 9.21. The molecule has 2 aromatic rings. The summed E-state index contributed by atoms with van der Waals surface area (Å²) in [6.07, 6.45) is 0. The number of hydrogen-bond acceptors (Lipinski definition) is 2. The molecule has 0 fully saturated rings. The number of rotatable bonds is 0. The smallest absolute Gasteiger partial charge is 0.218 e. The van der Waals surface area contributed by atoms with Gasteiger partial charge in [-0.3, -0.25) is 4.79 Å². The maximum Gasteiger partial charge on any atom is 0.218 e. The Labute approximate surface area is 98.7 Å². The van der Waals surface area contributed by atoms with Crippen LogP contribution in [0.25, 0.3) is 10.1 Å². The summed E-state index contributed by atoms with van der Waals surface area (Å²) >= 11 is 6.46. The number of halogens is 1. The van der Waals surface area contributed by atoms with Crippen LogP contribution < -0.4 is 0 Å². The molecule has 0 saturated carbocycles. The van der Waals surface area contributed by atoms with Crippen molar-refractivity contribution >= 4 is 38.3 Å². The van der Waals surface area contributed by atoms with E-state index in [0.717, 1.165) is 0 Å². The van der Waals surface area contributed by atoms with Gasteiger partial charge < -0.3 is 0 Å². The van der Waals surface area contributed by atoms with Gasteiger partial charge in [0.2, 0.25) is 5.24 Å². The summed E-state index contributed by atoms with van der Waals surface area (Å²) in [4.78, 5) is 9.21. The van der Waals surface area contributed by atoms with Crippen LogP contribution >= 0.6 is 22.9 Å². The summed E-state index contributed by atoms with van der Waals surface area (Å²) in [7, 11) is 0. The second-order valence-corrected chi connectivity index (χ2v) is 4.83. The molecule has 1 aromatic heterocycles. The lowest BCUT2D eigenvalue weighted by Crippen LogP contribution is -1.70. The van der Waals surface area contributed by atoms with Gasteiger partial charge in [0.25, 0.3) is 0 Å². The normalized spacial score (nSPS) is 9.60. The van der Waals surface area contributed by atoms with Crippen molar-refractivity contribution in [2.45, 2.75) is 20.8 Å². The van der Waals surface area contributed by atoms with E-state index in [1.165, 1.54) is 28.1 Å². The van der Waals surface area contributed by atoms with Crippen molar-refractivity contribution in [2.75, 3.05) is 0 Å². The minimum absolute atomic E-state index is 0.361. The Morgan fingerprint density at radius 1 is 1.33 bits per heavy atom. The number of carbonyl (C=O) groups excluding carboxylic acids is 1. The highest BCUT2D eigenvalue weighted by atomic mass is 35.5. The van der Waals surface area contributed by atoms with Crippen molar-refractivity contribution < 1.29 is 4.79 Å². The standard InChI is InChI=1S/C10H10S.C2H3ClO/c1-7-3-4-10-9(5-7)8(2)6-11-10;1-2(3)4/h3-6H,1-2H3;1H3. The monoisotopic (exact) mass is 240 g/mol. The third kappa shape index (κ3) is 3.65. The van der Waals surface area contributed by atoms with Gasteiger partial charge in [-0.2, -0.15) is 0 Å². The first kappa shape index (κ1) is 12.2. The number of thiophene rings is 1. The van der Waals surface area contributed by atoms with E-state index in [1.807, 2.05) is 11.3 Å². The number of carbonyl (C=O) groups is 1. The molecular formula is C12H13ClOS. The molecule has 0 unspecified atom stereocenters. The molecule has 0 aliphatic heterocycles. The van der Waals surface area contributed by atoms with E-state index < -0.39 is 0 Å². The molecule has 0 bridgehead atoms. The molecule has 3 heteroatoms. The van der Waals surface area contributed by atoms with Crippen molar-refractivity contribution in [3.05, 3.63) is 34.7 Å². The van der Waals surface area contributed by atoms with E-state index in [-0.39, 0.29) is 5.24 Å². The van der Waals surface area contributed by atoms with E-state index in [9.17, 15) is 4.79 Å². The summed E-state index contributed by atoms with van der Waals surface area (Å²) in [6, 6.07) is 6.61. The lowest BCUT2D eigenvalue weighted by molar-refractivity contribution is -0.109. The van der Waals surface area contributed by atoms with Crippen LogP contribution in [-0.2, 0) is 4.79 Å². The zero-order valence-electron chi connectivity index (χ0n) is 9.00. The van der Waals surface area contributed by atoms with Gasteiger partial charge in [0, 0.05) is 11.6 Å². The van der Waals surface area contributed by atoms with Crippen molar-refractivity contribution in [3.8, 4) is 0 Å². The van der Waals surface area contributed by atoms with Gasteiger partial charge in [0.15, 0.2) is 0 Å². The highest BCUT2D eigenvalue weighted by Gasteiger charge is 1.97. The molecule has 0 atom stereocenters. The molecule has 0 N–H and O–H groups in total. The predicted molar refractivity (Wildman–Crippen MR) is 67.8 cm³/mol. The van der Waals surface area contributed by atoms with E-state index in [4.69, 9.17) is 0 Å². The van der Waals surface area contributed by atoms with E-state index in [2.05, 4.69) is 49.0 Å². The van der Waals surface area contributed by atoms with E-state index in [1.54, 1.807) is 0 Å². The van der Waals surface area contributed by atoms with Gasteiger partial charge in [-0.05, 0) is 47.8 Å². The summed E-state index contributed by atoms with van der Waals surface area (Å²) < 4.78 is 1.40. The topological polar surface area (TPSA) is 17.1 Å². The zero-order chi connectivity index (χ0) is 11.4. The average Bonchev–Trinajstić information content (AvgIpc) is 2.47. The number of benzene rings is 1. The van der Waals surface area contributed by atoms with Gasteiger partial charge in [-0.1, -0.05) is 17.7 Å². The quantitative estimate of drug-likeness (QED) is 0.628. The predicted octanol–water partition coefficient (Wildman–Crippen LogP) is 4.29. The van der Waals surface area contributed by atoms with Crippen LogP contribution in [-0.4, -0.2) is 5.24 Å². The summed E-state index contributed by atoms with van der Waals surface area (Å²) in [6.45, 7) is 5.59. The van der Waals surface area contributed by atoms with Crippen molar-refractivity contribution in [3.63, 3.8) is 0 Å². The molecule has 1 aromatic carbocycles. The fourth-order valence-corrected chi connectivity index (χ4v) is 2.19. The van der Waals surface area contributed by atoms with E-state index in [0.29, 0.717) is 0 Å². The second-order valence-electron chi connectivity index (χ2n) is 3.39. The molecule has 0 spiro atoms. The highest BCUT2D eigenvalue weighted by molar-refractivity contribution is 7.17. The first-order chi connectivity index (χ1) is 7.00. The largest absolute Gasteiger partial charge is 0.282 e. The molecule has 1 heterocycles. The third-order valence-electron chi connectivity index (χ3n) is 1.92. The summed E-state index contributed by atoms with van der Waals surface area (Å²) in [5, 5.41) is 3.26. The van der Waals surface area contributed by atoms with Crippen LogP contribution in [0.4, 0.5) is 0 Å².